The van der Waals surface area contributed by atoms with Crippen molar-refractivity contribution in [3.8, 4) is 5.75 Å². The molecule has 0 aliphatic carbocycles. The van der Waals surface area contributed by atoms with Gasteiger partial charge in [-0.1, -0.05) is 44.7 Å². The number of methoxy groups -OCH3 is 1. The first kappa shape index (κ1) is 27.2. The van der Waals surface area contributed by atoms with E-state index in [0.717, 1.165) is 27.8 Å². The monoisotopic (exact) mass is 474 g/mol. The third-order valence-corrected chi connectivity index (χ3v) is 5.30. The second-order valence-corrected chi connectivity index (χ2v) is 7.68. The molecule has 0 fully saturated rings. The van der Waals surface area contributed by atoms with Crippen LogP contribution in [0.1, 0.15) is 60.8 Å². The molecule has 0 aromatic heterocycles. The van der Waals surface area contributed by atoms with Gasteiger partial charge in [-0.25, -0.2) is 9.79 Å². The number of fused-ring (bicyclic) bond motifs is 1. The average molecular weight is 475 g/mol. The van der Waals surface area contributed by atoms with Gasteiger partial charge < -0.3 is 19.9 Å². The number of benzene rings is 2. The number of hydrogen-bond acceptors (Lipinski definition) is 5. The molecule has 184 valence electrons. The van der Waals surface area contributed by atoms with E-state index in [1.807, 2.05) is 58.9 Å². The summed E-state index contributed by atoms with van der Waals surface area (Å²) in [4.78, 5) is 15.8. The summed E-state index contributed by atoms with van der Waals surface area (Å²) in [6, 6.07) is 10.7. The fourth-order valence-electron chi connectivity index (χ4n) is 3.57. The van der Waals surface area contributed by atoms with E-state index in [9.17, 15) is 9.90 Å². The summed E-state index contributed by atoms with van der Waals surface area (Å²) in [5, 5.41) is 12.9. The lowest BCUT2D eigenvalue weighted by molar-refractivity contribution is 0.0698. The van der Waals surface area contributed by atoms with Crippen molar-refractivity contribution >= 4 is 23.4 Å². The van der Waals surface area contributed by atoms with Crippen molar-refractivity contribution in [2.75, 3.05) is 12.4 Å². The number of nitrogens with one attached hydrogen (secondary N) is 1. The highest BCUT2D eigenvalue weighted by Gasteiger charge is 2.24. The van der Waals surface area contributed by atoms with Gasteiger partial charge in [0.15, 0.2) is 0 Å². The molecule has 0 radical (unpaired) electrons. The molecule has 1 aliphatic heterocycles. The zero-order valence-corrected chi connectivity index (χ0v) is 21.3. The average Bonchev–Trinajstić information content (AvgIpc) is 2.85. The molecular formula is C29H34N2O4. The maximum absolute atomic E-state index is 11.6. The van der Waals surface area contributed by atoms with E-state index in [1.165, 1.54) is 7.11 Å². The maximum Gasteiger partial charge on any atom is 0.337 e. The van der Waals surface area contributed by atoms with Gasteiger partial charge in [0.25, 0.3) is 0 Å². The molecule has 1 heterocycles. The van der Waals surface area contributed by atoms with Crippen LogP contribution in [0.2, 0.25) is 0 Å². The Hall–Kier alpha value is -4.06. The van der Waals surface area contributed by atoms with Crippen molar-refractivity contribution in [2.24, 2.45) is 4.99 Å². The quantitative estimate of drug-likeness (QED) is 0.309. The van der Waals surface area contributed by atoms with Crippen LogP contribution < -0.4 is 10.1 Å². The smallest absolute Gasteiger partial charge is 0.337 e. The van der Waals surface area contributed by atoms with Gasteiger partial charge in [-0.2, -0.15) is 0 Å². The molecule has 2 N–H and O–H groups in total. The second-order valence-electron chi connectivity index (χ2n) is 7.68. The Labute approximate surface area is 208 Å². The molecule has 3 rings (SSSR count). The third kappa shape index (κ3) is 6.51. The van der Waals surface area contributed by atoms with Crippen molar-refractivity contribution in [2.45, 2.75) is 40.7 Å². The molecule has 1 atom stereocenters. The van der Waals surface area contributed by atoms with E-state index in [1.54, 1.807) is 30.5 Å². The van der Waals surface area contributed by atoms with Crippen LogP contribution in [-0.2, 0) is 4.74 Å². The van der Waals surface area contributed by atoms with Gasteiger partial charge in [0.2, 0.25) is 5.88 Å². The minimum atomic E-state index is -0.985. The van der Waals surface area contributed by atoms with Crippen molar-refractivity contribution < 1.29 is 19.4 Å². The molecule has 2 aromatic carbocycles. The van der Waals surface area contributed by atoms with Crippen LogP contribution in [0.25, 0.3) is 5.57 Å². The van der Waals surface area contributed by atoms with Crippen LogP contribution in [0.4, 0.5) is 5.69 Å². The summed E-state index contributed by atoms with van der Waals surface area (Å²) in [6.07, 6.45) is 5.39. The van der Waals surface area contributed by atoms with Crippen LogP contribution in [0.3, 0.4) is 0 Å². The second kappa shape index (κ2) is 12.4. The molecule has 0 bridgehead atoms. The summed E-state index contributed by atoms with van der Waals surface area (Å²) in [7, 11) is 1.51. The zero-order chi connectivity index (χ0) is 26.1. The summed E-state index contributed by atoms with van der Waals surface area (Å²) in [5.41, 5.74) is 5.15. The highest BCUT2D eigenvalue weighted by molar-refractivity contribution is 5.94. The van der Waals surface area contributed by atoms with Gasteiger partial charge in [0.05, 0.1) is 18.7 Å². The molecule has 0 saturated carbocycles. The lowest BCUT2D eigenvalue weighted by Crippen LogP contribution is -2.15. The summed E-state index contributed by atoms with van der Waals surface area (Å²) in [6.45, 7) is 17.8. The Morgan fingerprint density at radius 2 is 1.94 bits per heavy atom. The van der Waals surface area contributed by atoms with Gasteiger partial charge in [-0.15, -0.1) is 0 Å². The third-order valence-electron chi connectivity index (χ3n) is 5.30. The van der Waals surface area contributed by atoms with Gasteiger partial charge in [0.1, 0.15) is 11.5 Å². The van der Waals surface area contributed by atoms with E-state index in [4.69, 9.17) is 9.47 Å². The minimum absolute atomic E-state index is 0.211. The van der Waals surface area contributed by atoms with Gasteiger partial charge in [-0.05, 0) is 62.8 Å². The normalized spacial score (nSPS) is 13.6. The minimum Gasteiger partial charge on any atom is -0.481 e. The molecule has 0 amide bonds. The number of carboxylic acids is 1. The molecule has 35 heavy (non-hydrogen) atoms. The van der Waals surface area contributed by atoms with Crippen LogP contribution in [0, 0.1) is 6.92 Å². The number of nitrogens with zero attached hydrogens (tertiary/aromatic N) is 1. The Bertz CT molecular complexity index is 1210. The van der Waals surface area contributed by atoms with Gasteiger partial charge in [-0.3, -0.25) is 0 Å². The highest BCUT2D eigenvalue weighted by atomic mass is 16.5. The number of carboxylic acid groups (broad SMARTS) is 1. The maximum atomic E-state index is 11.6. The van der Waals surface area contributed by atoms with Crippen LogP contribution >= 0.6 is 0 Å². The van der Waals surface area contributed by atoms with E-state index >= 15 is 0 Å². The molecule has 2 aromatic rings. The van der Waals surface area contributed by atoms with Crippen molar-refractivity contribution in [1.29, 1.82) is 0 Å². The number of aryl methyl sites for hydroxylation is 1. The van der Waals surface area contributed by atoms with E-state index in [-0.39, 0.29) is 17.5 Å². The number of para-hydroxylation sites is 1. The lowest BCUT2D eigenvalue weighted by atomic mass is 9.93. The van der Waals surface area contributed by atoms with Crippen LogP contribution in [-0.4, -0.2) is 24.4 Å². The van der Waals surface area contributed by atoms with E-state index in [2.05, 4.69) is 23.5 Å². The number of aliphatic imine (C=N–C) groups is 1. The van der Waals surface area contributed by atoms with E-state index in [0.29, 0.717) is 17.2 Å². The number of hydrogen-bond donors (Lipinski definition) is 2. The fourth-order valence-corrected chi connectivity index (χ4v) is 3.57. The zero-order valence-electron chi connectivity index (χ0n) is 21.3. The van der Waals surface area contributed by atoms with Crippen molar-refractivity contribution in [1.82, 2.24) is 0 Å². The molecular weight excluding hydrogens is 440 g/mol. The number of allylic oxidation sites excluding steroid dienone is 4. The first-order chi connectivity index (χ1) is 16.7. The Balaban J connectivity index is 0.00000210. The molecule has 1 aliphatic rings. The van der Waals surface area contributed by atoms with E-state index < -0.39 is 5.97 Å². The predicted molar refractivity (Wildman–Crippen MR) is 144 cm³/mol. The Morgan fingerprint density at radius 3 is 2.57 bits per heavy atom. The summed E-state index contributed by atoms with van der Waals surface area (Å²) in [5.74, 6) is 0.581. The predicted octanol–water partition coefficient (Wildman–Crippen LogP) is 7.32. The first-order valence-electron chi connectivity index (χ1n) is 11.5. The topological polar surface area (TPSA) is 80.2 Å². The largest absolute Gasteiger partial charge is 0.481 e. The molecule has 0 saturated heterocycles. The standard InChI is InChI=1S/C27H28N2O4.C2H6/c1-7-20(15-28-19(5)32-6)25-14-17(3)22-12-16(2)13-23(26(22)33-25)18(4)29-24-11-9-8-10-21(24)27(30)31;1-2/h7-15,18,29H,3,5H2,1-2,4,6H3,(H,30,31);1-2H3/b20-7+,28-15-;. The number of anilines is 1. The SMILES string of the molecule is C=C(/N=C\C(=C/C)C1=CC(=C)c2cc(C)cc(C(C)Nc3ccccc3C(=O)O)c2O1)OC.CC. The number of carbonyl (C=O) groups is 1. The van der Waals surface area contributed by atoms with Crippen molar-refractivity contribution in [3.05, 3.63) is 101 Å². The molecule has 6 nitrogen and oxygen atoms in total. The van der Waals surface area contributed by atoms with Gasteiger partial charge >= 0.3 is 5.97 Å². The Morgan fingerprint density at radius 1 is 1.26 bits per heavy atom. The molecule has 0 spiro atoms. The molecule has 6 heteroatoms. The summed E-state index contributed by atoms with van der Waals surface area (Å²) < 4.78 is 11.4. The fraction of sp³-hybridized carbons (Fsp3) is 0.241. The van der Waals surface area contributed by atoms with Crippen LogP contribution in [0.15, 0.2) is 83.9 Å². The number of ether oxygens (including phenoxy) is 2. The highest BCUT2D eigenvalue weighted by Crippen LogP contribution is 2.41. The number of aromatic carboxylic acids is 1. The number of rotatable bonds is 8. The Kier molecular flexibility index (Phi) is 9.64. The molecule has 1 unspecified atom stereocenters. The van der Waals surface area contributed by atoms with Crippen molar-refractivity contribution in [3.63, 3.8) is 0 Å². The summed E-state index contributed by atoms with van der Waals surface area (Å²) >= 11 is 0. The lowest BCUT2D eigenvalue weighted by Gasteiger charge is -2.27. The van der Waals surface area contributed by atoms with Gasteiger partial charge in [0, 0.05) is 28.6 Å². The first-order valence-corrected chi connectivity index (χ1v) is 11.5. The van der Waals surface area contributed by atoms with Crippen LogP contribution in [0.5, 0.6) is 5.75 Å².